The number of rotatable bonds is 0. The van der Waals surface area contributed by atoms with Crippen LogP contribution < -0.4 is 0 Å². The van der Waals surface area contributed by atoms with Crippen LogP contribution in [0.1, 0.15) is 0 Å². The summed E-state index contributed by atoms with van der Waals surface area (Å²) in [6, 6.07) is 10.8. The zero-order valence-corrected chi connectivity index (χ0v) is 6.46. The predicted octanol–water partition coefficient (Wildman–Crippen LogP) is 1.72. The first-order chi connectivity index (χ1) is 5.79. The summed E-state index contributed by atoms with van der Waals surface area (Å²) in [6.07, 6.45) is 0. The largest absolute Gasteiger partial charge is 0.593 e. The molecule has 0 bridgehead atoms. The minimum Gasteiger partial charge on any atom is -0.593 e. The molecule has 0 heterocycles. The molecule has 0 saturated heterocycles. The Morgan fingerprint density at radius 2 is 1.08 bits per heavy atom. The molecule has 0 aliphatic rings. The highest BCUT2D eigenvalue weighted by Gasteiger charge is 2.07. The maximum absolute atomic E-state index is 7.58. The molecule has 0 amide bonds. The van der Waals surface area contributed by atoms with E-state index in [1.807, 2.05) is 24.3 Å². The smallest absolute Gasteiger partial charge is 0.262 e. The Bertz CT molecular complexity index is 380. The summed E-state index contributed by atoms with van der Waals surface area (Å²) in [7, 11) is 0. The van der Waals surface area contributed by atoms with Crippen LogP contribution in [0.5, 0.6) is 11.5 Å². The van der Waals surface area contributed by atoms with Crippen molar-refractivity contribution in [3.05, 3.63) is 36.4 Å². The van der Waals surface area contributed by atoms with E-state index < -0.39 is 0 Å². The van der Waals surface area contributed by atoms with Gasteiger partial charge < -0.3 is 10.2 Å². The monoisotopic (exact) mass is 162 g/mol. The molecular formula is C10H10O2+2. The molecule has 2 rings (SSSR count). The quantitative estimate of drug-likeness (QED) is 0.529. The zero-order chi connectivity index (χ0) is 8.55. The fourth-order valence-electron chi connectivity index (χ4n) is 1.31. The van der Waals surface area contributed by atoms with E-state index in [2.05, 4.69) is 0 Å². The Labute approximate surface area is 69.7 Å². The average molecular weight is 162 g/mol. The Morgan fingerprint density at radius 3 is 1.50 bits per heavy atom. The third kappa shape index (κ3) is 0.889. The van der Waals surface area contributed by atoms with Crippen LogP contribution in [0.3, 0.4) is 0 Å². The van der Waals surface area contributed by atoms with Crippen molar-refractivity contribution in [2.75, 3.05) is 0 Å². The van der Waals surface area contributed by atoms with E-state index in [0.29, 0.717) is 11.5 Å². The van der Waals surface area contributed by atoms with E-state index in [4.69, 9.17) is 10.2 Å². The van der Waals surface area contributed by atoms with Gasteiger partial charge in [-0.1, -0.05) is 12.1 Å². The van der Waals surface area contributed by atoms with Gasteiger partial charge in [0.05, 0.1) is 10.8 Å². The minimum atomic E-state index is 0.488. The summed E-state index contributed by atoms with van der Waals surface area (Å²) < 4.78 is 0. The van der Waals surface area contributed by atoms with Gasteiger partial charge in [0.2, 0.25) is 0 Å². The molecule has 0 radical (unpaired) electrons. The molecule has 0 aliphatic carbocycles. The van der Waals surface area contributed by atoms with Crippen LogP contribution in [0.2, 0.25) is 0 Å². The lowest BCUT2D eigenvalue weighted by Crippen LogP contribution is -1.73. The fourth-order valence-corrected chi connectivity index (χ4v) is 1.31. The van der Waals surface area contributed by atoms with Crippen LogP contribution in [0, 0.1) is 0 Å². The molecule has 0 atom stereocenters. The van der Waals surface area contributed by atoms with Crippen molar-refractivity contribution in [3.8, 4) is 11.5 Å². The lowest BCUT2D eigenvalue weighted by atomic mass is 10.1. The third-order valence-electron chi connectivity index (χ3n) is 1.92. The summed E-state index contributed by atoms with van der Waals surface area (Å²) in [4.78, 5) is 0. The van der Waals surface area contributed by atoms with Gasteiger partial charge in [0.15, 0.2) is 0 Å². The predicted molar refractivity (Wildman–Crippen MR) is 50.1 cm³/mol. The van der Waals surface area contributed by atoms with Crippen molar-refractivity contribution < 1.29 is 10.2 Å². The number of hydrogen-bond acceptors (Lipinski definition) is 0. The highest BCUT2D eigenvalue weighted by atomic mass is 16.3. The van der Waals surface area contributed by atoms with Crippen molar-refractivity contribution >= 4 is 10.8 Å². The van der Waals surface area contributed by atoms with Gasteiger partial charge in [0, 0.05) is 12.1 Å². The van der Waals surface area contributed by atoms with Gasteiger partial charge in [-0.25, -0.2) is 0 Å². The Hall–Kier alpha value is -1.70. The van der Waals surface area contributed by atoms with Gasteiger partial charge in [-0.3, -0.25) is 0 Å². The van der Waals surface area contributed by atoms with Crippen molar-refractivity contribution in [2.45, 2.75) is 0 Å². The molecule has 0 fully saturated rings. The van der Waals surface area contributed by atoms with Gasteiger partial charge in [-0.2, -0.15) is 0 Å². The van der Waals surface area contributed by atoms with Crippen molar-refractivity contribution in [3.63, 3.8) is 0 Å². The first kappa shape index (κ1) is 6.98. The standard InChI is InChI=1S/C10H8O2/c11-9-5-1-3-7-8(9)4-2-6-10(7)12/h1-6,11-12H/p+2. The first-order valence-electron chi connectivity index (χ1n) is 3.74. The maximum Gasteiger partial charge on any atom is 0.262 e. The normalized spacial score (nSPS) is 10.3. The highest BCUT2D eigenvalue weighted by Crippen LogP contribution is 2.29. The summed E-state index contributed by atoms with van der Waals surface area (Å²) in [5.74, 6) is 0.975. The summed E-state index contributed by atoms with van der Waals surface area (Å²) in [5, 5.41) is 16.9. The second-order valence-corrected chi connectivity index (χ2v) is 2.71. The minimum absolute atomic E-state index is 0.488. The van der Waals surface area contributed by atoms with Crippen LogP contribution in [0.4, 0.5) is 0 Å². The number of benzene rings is 2. The molecule has 0 aliphatic heterocycles. The molecule has 2 aromatic rings. The van der Waals surface area contributed by atoms with Crippen LogP contribution in [-0.2, 0) is 0 Å². The van der Waals surface area contributed by atoms with Crippen LogP contribution in [0.15, 0.2) is 36.4 Å². The average Bonchev–Trinajstić information content (AvgIpc) is 2.07. The van der Waals surface area contributed by atoms with E-state index in [9.17, 15) is 0 Å². The zero-order valence-electron chi connectivity index (χ0n) is 6.46. The summed E-state index contributed by atoms with van der Waals surface area (Å²) in [6.45, 7) is 0. The van der Waals surface area contributed by atoms with Crippen molar-refractivity contribution in [1.82, 2.24) is 0 Å². The lowest BCUT2D eigenvalue weighted by molar-refractivity contribution is 0.475. The molecule has 0 spiro atoms. The Morgan fingerprint density at radius 1 is 0.667 bits per heavy atom. The van der Waals surface area contributed by atoms with Gasteiger partial charge in [0.25, 0.3) is 11.5 Å². The van der Waals surface area contributed by atoms with Crippen LogP contribution in [-0.4, -0.2) is 10.2 Å². The summed E-state index contributed by atoms with van der Waals surface area (Å²) in [5.41, 5.74) is 0. The van der Waals surface area contributed by atoms with Crippen LogP contribution >= 0.6 is 0 Å². The second kappa shape index (κ2) is 2.41. The van der Waals surface area contributed by atoms with Crippen molar-refractivity contribution in [1.29, 1.82) is 0 Å². The van der Waals surface area contributed by atoms with Crippen LogP contribution in [0.25, 0.3) is 10.8 Å². The van der Waals surface area contributed by atoms with E-state index in [1.165, 1.54) is 0 Å². The molecule has 0 aromatic heterocycles. The molecule has 12 heavy (non-hydrogen) atoms. The Balaban J connectivity index is 2.94. The summed E-state index contributed by atoms with van der Waals surface area (Å²) >= 11 is 0. The highest BCUT2D eigenvalue weighted by molar-refractivity contribution is 5.92. The molecule has 0 unspecified atom stereocenters. The van der Waals surface area contributed by atoms with E-state index in [-0.39, 0.29) is 0 Å². The molecule has 60 valence electrons. The topological polar surface area (TPSA) is 45.8 Å². The molecule has 2 heteroatoms. The Kier molecular flexibility index (Phi) is 1.40. The van der Waals surface area contributed by atoms with Gasteiger partial charge in [0.1, 0.15) is 0 Å². The fraction of sp³-hybridized carbons (Fsp3) is 0. The molecule has 0 saturated carbocycles. The van der Waals surface area contributed by atoms with Crippen molar-refractivity contribution in [2.24, 2.45) is 0 Å². The molecule has 2 aromatic carbocycles. The van der Waals surface area contributed by atoms with E-state index in [1.54, 1.807) is 12.1 Å². The maximum atomic E-state index is 7.58. The first-order valence-corrected chi connectivity index (χ1v) is 3.74. The molecule has 2 nitrogen and oxygen atoms in total. The number of hydrogen-bond donors (Lipinski definition) is 0. The SMILES string of the molecule is [OH2+]c1cccc2c([OH2+])cccc12. The lowest BCUT2D eigenvalue weighted by Gasteiger charge is -1.96. The molecule has 4 N–H and O–H groups in total. The van der Waals surface area contributed by atoms with E-state index >= 15 is 0 Å². The van der Waals surface area contributed by atoms with Gasteiger partial charge >= 0.3 is 0 Å². The number of fused-ring (bicyclic) bond motifs is 1. The second-order valence-electron chi connectivity index (χ2n) is 2.71. The van der Waals surface area contributed by atoms with Gasteiger partial charge in [-0.15, -0.1) is 0 Å². The van der Waals surface area contributed by atoms with Gasteiger partial charge in [-0.05, 0) is 12.1 Å². The molecular weight excluding hydrogens is 152 g/mol. The van der Waals surface area contributed by atoms with E-state index in [0.717, 1.165) is 10.8 Å². The third-order valence-corrected chi connectivity index (χ3v) is 1.92.